The number of fused-ring (bicyclic) bond motifs is 1. The molecule has 1 saturated heterocycles. The number of aromatic nitrogens is 3. The lowest BCUT2D eigenvalue weighted by molar-refractivity contribution is 0.176. The third kappa shape index (κ3) is 1.83. The number of nitrogens with two attached hydrogens (primary N) is 1. The largest absolute Gasteiger partial charge is 0.381 e. The van der Waals surface area contributed by atoms with Gasteiger partial charge in [-0.3, -0.25) is 4.57 Å². The number of imidazole rings is 1. The Hall–Kier alpha value is -1.33. The zero-order valence-electron chi connectivity index (χ0n) is 10.1. The Balaban J connectivity index is 2.07. The molecular weight excluding hydrogens is 252 g/mol. The number of rotatable bonds is 2. The molecule has 2 N–H and O–H groups in total. The molecule has 0 spiro atoms. The van der Waals surface area contributed by atoms with Crippen LogP contribution in [0.1, 0.15) is 19.4 Å². The molecule has 3 rings (SSSR count). The maximum absolute atomic E-state index is 6.00. The van der Waals surface area contributed by atoms with Crippen molar-refractivity contribution in [3.63, 3.8) is 0 Å². The van der Waals surface area contributed by atoms with Crippen LogP contribution in [0.15, 0.2) is 12.3 Å². The van der Waals surface area contributed by atoms with E-state index in [2.05, 4.69) is 16.9 Å². The van der Waals surface area contributed by atoms with Crippen molar-refractivity contribution in [3.8, 4) is 0 Å². The third-order valence-corrected chi connectivity index (χ3v) is 3.78. The average molecular weight is 267 g/mol. The van der Waals surface area contributed by atoms with Crippen LogP contribution >= 0.6 is 11.6 Å². The number of hydrogen-bond donors (Lipinski definition) is 1. The fourth-order valence-corrected chi connectivity index (χ4v) is 2.67. The molecule has 18 heavy (non-hydrogen) atoms. The fraction of sp³-hybridized carbons (Fsp3) is 0.500. The number of halogens is 1. The van der Waals surface area contributed by atoms with Gasteiger partial charge in [0.2, 0.25) is 5.95 Å². The summed E-state index contributed by atoms with van der Waals surface area (Å²) < 4.78 is 7.41. The minimum absolute atomic E-state index is 0.228. The van der Waals surface area contributed by atoms with Crippen molar-refractivity contribution >= 4 is 28.7 Å². The monoisotopic (exact) mass is 266 g/mol. The Morgan fingerprint density at radius 3 is 3.17 bits per heavy atom. The molecule has 5 nitrogen and oxygen atoms in total. The first-order valence-corrected chi connectivity index (χ1v) is 6.41. The Labute approximate surface area is 110 Å². The maximum Gasteiger partial charge on any atom is 0.202 e. The van der Waals surface area contributed by atoms with Crippen molar-refractivity contribution in [1.29, 1.82) is 0 Å². The molecule has 2 unspecified atom stereocenters. The minimum Gasteiger partial charge on any atom is -0.381 e. The second-order valence-electron chi connectivity index (χ2n) is 4.70. The van der Waals surface area contributed by atoms with E-state index in [9.17, 15) is 0 Å². The van der Waals surface area contributed by atoms with Crippen LogP contribution in [0.5, 0.6) is 0 Å². The predicted octanol–water partition coefficient (Wildman–Crippen LogP) is 2.26. The van der Waals surface area contributed by atoms with Gasteiger partial charge in [0.1, 0.15) is 5.52 Å². The van der Waals surface area contributed by atoms with Crippen LogP contribution in [-0.2, 0) is 4.74 Å². The summed E-state index contributed by atoms with van der Waals surface area (Å²) >= 11 is 5.91. The molecule has 3 heterocycles. The lowest BCUT2D eigenvalue weighted by Gasteiger charge is -2.20. The fourth-order valence-electron chi connectivity index (χ4n) is 2.52. The van der Waals surface area contributed by atoms with Crippen molar-refractivity contribution in [2.45, 2.75) is 19.4 Å². The quantitative estimate of drug-likeness (QED) is 0.905. The highest BCUT2D eigenvalue weighted by Crippen LogP contribution is 2.31. The molecule has 2 aromatic heterocycles. The molecule has 0 radical (unpaired) electrons. The summed E-state index contributed by atoms with van der Waals surface area (Å²) in [4.78, 5) is 8.66. The molecule has 0 bridgehead atoms. The van der Waals surface area contributed by atoms with E-state index in [0.717, 1.165) is 30.8 Å². The zero-order chi connectivity index (χ0) is 12.7. The summed E-state index contributed by atoms with van der Waals surface area (Å²) in [6, 6.07) is 2.01. The van der Waals surface area contributed by atoms with Crippen molar-refractivity contribution in [1.82, 2.24) is 14.5 Å². The summed E-state index contributed by atoms with van der Waals surface area (Å²) in [5.74, 6) is 0.946. The van der Waals surface area contributed by atoms with E-state index >= 15 is 0 Å². The van der Waals surface area contributed by atoms with E-state index in [-0.39, 0.29) is 6.04 Å². The van der Waals surface area contributed by atoms with Gasteiger partial charge in [-0.2, -0.15) is 0 Å². The molecule has 2 atom stereocenters. The van der Waals surface area contributed by atoms with E-state index in [4.69, 9.17) is 22.1 Å². The van der Waals surface area contributed by atoms with Crippen molar-refractivity contribution in [2.75, 3.05) is 18.9 Å². The zero-order valence-corrected chi connectivity index (χ0v) is 10.9. The lowest BCUT2D eigenvalue weighted by Crippen LogP contribution is -2.18. The van der Waals surface area contributed by atoms with Crippen LogP contribution in [-0.4, -0.2) is 27.7 Å². The van der Waals surface area contributed by atoms with Gasteiger partial charge in [-0.15, -0.1) is 0 Å². The van der Waals surface area contributed by atoms with E-state index in [1.54, 1.807) is 12.3 Å². The van der Waals surface area contributed by atoms with Gasteiger partial charge >= 0.3 is 0 Å². The predicted molar refractivity (Wildman–Crippen MR) is 70.6 cm³/mol. The number of anilines is 1. The van der Waals surface area contributed by atoms with Gasteiger partial charge in [0.15, 0.2) is 5.65 Å². The molecule has 0 aromatic carbocycles. The molecule has 1 aliphatic heterocycles. The first kappa shape index (κ1) is 11.7. The number of ether oxygens (including phenoxy) is 1. The van der Waals surface area contributed by atoms with Gasteiger partial charge in [0, 0.05) is 24.8 Å². The first-order valence-electron chi connectivity index (χ1n) is 6.03. The number of pyridine rings is 1. The van der Waals surface area contributed by atoms with Crippen LogP contribution in [0.3, 0.4) is 0 Å². The molecule has 0 amide bonds. The smallest absolute Gasteiger partial charge is 0.202 e. The Kier molecular flexibility index (Phi) is 2.87. The van der Waals surface area contributed by atoms with E-state index in [0.29, 0.717) is 16.9 Å². The van der Waals surface area contributed by atoms with E-state index < -0.39 is 0 Å². The van der Waals surface area contributed by atoms with Crippen LogP contribution in [0, 0.1) is 5.92 Å². The molecule has 0 saturated carbocycles. The normalized spacial score (nSPS) is 21.6. The molecule has 0 aliphatic carbocycles. The second kappa shape index (κ2) is 4.40. The Bertz CT molecular complexity index is 577. The summed E-state index contributed by atoms with van der Waals surface area (Å²) in [7, 11) is 0. The van der Waals surface area contributed by atoms with Gasteiger partial charge < -0.3 is 10.5 Å². The Morgan fingerprint density at radius 2 is 2.44 bits per heavy atom. The molecular formula is C12H15ClN4O. The third-order valence-electron chi connectivity index (χ3n) is 3.58. The van der Waals surface area contributed by atoms with Crippen LogP contribution in [0.4, 0.5) is 5.95 Å². The maximum atomic E-state index is 6.00. The molecule has 96 valence electrons. The van der Waals surface area contributed by atoms with E-state index in [1.807, 2.05) is 4.57 Å². The lowest BCUT2D eigenvalue weighted by atomic mass is 10.0. The standard InChI is InChI=1S/C12H15ClN4O/c1-7(8-2-3-18-6-8)17-11-10(16-12(17)14)4-9(13)5-15-11/h4-5,7-8H,2-3,6H2,1H3,(H2,14,16). The Morgan fingerprint density at radius 1 is 1.61 bits per heavy atom. The molecule has 1 fully saturated rings. The summed E-state index contributed by atoms with van der Waals surface area (Å²) in [6.07, 6.45) is 2.67. The minimum atomic E-state index is 0.228. The van der Waals surface area contributed by atoms with E-state index in [1.165, 1.54) is 0 Å². The highest BCUT2D eigenvalue weighted by Gasteiger charge is 2.26. The molecule has 6 heteroatoms. The highest BCUT2D eigenvalue weighted by molar-refractivity contribution is 6.31. The molecule has 2 aromatic rings. The highest BCUT2D eigenvalue weighted by atomic mass is 35.5. The van der Waals surface area contributed by atoms with Gasteiger partial charge in [-0.1, -0.05) is 11.6 Å². The summed E-state index contributed by atoms with van der Waals surface area (Å²) in [6.45, 7) is 3.72. The average Bonchev–Trinajstić information content (AvgIpc) is 2.94. The second-order valence-corrected chi connectivity index (χ2v) is 5.14. The van der Waals surface area contributed by atoms with Gasteiger partial charge in [-0.05, 0) is 19.4 Å². The number of nitrogens with zero attached hydrogens (tertiary/aromatic N) is 3. The van der Waals surface area contributed by atoms with Crippen molar-refractivity contribution in [3.05, 3.63) is 17.3 Å². The van der Waals surface area contributed by atoms with Gasteiger partial charge in [0.25, 0.3) is 0 Å². The number of nitrogen functional groups attached to an aromatic ring is 1. The summed E-state index contributed by atoms with van der Waals surface area (Å²) in [5.41, 5.74) is 7.53. The topological polar surface area (TPSA) is 66.0 Å². The number of hydrogen-bond acceptors (Lipinski definition) is 4. The van der Waals surface area contributed by atoms with Crippen molar-refractivity contribution in [2.24, 2.45) is 5.92 Å². The van der Waals surface area contributed by atoms with Crippen LogP contribution < -0.4 is 5.73 Å². The van der Waals surface area contributed by atoms with Gasteiger partial charge in [0.05, 0.1) is 11.6 Å². The van der Waals surface area contributed by atoms with Crippen LogP contribution in [0.2, 0.25) is 5.02 Å². The van der Waals surface area contributed by atoms with Gasteiger partial charge in [-0.25, -0.2) is 9.97 Å². The summed E-state index contributed by atoms with van der Waals surface area (Å²) in [5, 5.41) is 0.573. The first-order chi connectivity index (χ1) is 8.66. The SMILES string of the molecule is CC(C1CCOC1)n1c(N)nc2cc(Cl)cnc21. The van der Waals surface area contributed by atoms with Crippen LogP contribution in [0.25, 0.3) is 11.2 Å². The van der Waals surface area contributed by atoms with Crippen molar-refractivity contribution < 1.29 is 4.74 Å². The molecule has 1 aliphatic rings.